The summed E-state index contributed by atoms with van der Waals surface area (Å²) in [4.78, 5) is 1.52. The lowest BCUT2D eigenvalue weighted by Crippen LogP contribution is -2.35. The molecule has 0 saturated heterocycles. The van der Waals surface area contributed by atoms with Gasteiger partial charge in [0.15, 0.2) is 0 Å². The second-order valence-electron chi connectivity index (χ2n) is 3.76. The molecular formula is C11H17NS. The van der Waals surface area contributed by atoms with Crippen LogP contribution in [0.1, 0.15) is 30.6 Å². The first-order valence-corrected chi connectivity index (χ1v) is 6.09. The molecule has 0 atom stereocenters. The highest BCUT2D eigenvalue weighted by atomic mass is 32.1. The third-order valence-corrected chi connectivity index (χ3v) is 3.65. The minimum Gasteiger partial charge on any atom is -0.314 e. The number of aryl methyl sites for hydroxylation is 1. The Labute approximate surface area is 84.2 Å². The molecule has 0 aliphatic heterocycles. The monoisotopic (exact) mass is 195 g/mol. The maximum absolute atomic E-state index is 3.59. The van der Waals surface area contributed by atoms with Crippen molar-refractivity contribution in [1.82, 2.24) is 5.32 Å². The molecular weight excluding hydrogens is 178 g/mol. The minimum absolute atomic E-state index is 0.850. The molecule has 1 fully saturated rings. The van der Waals surface area contributed by atoms with Crippen molar-refractivity contribution in [2.24, 2.45) is 0 Å². The highest BCUT2D eigenvalue weighted by molar-refractivity contribution is 7.09. The van der Waals surface area contributed by atoms with E-state index >= 15 is 0 Å². The molecule has 0 amide bonds. The summed E-state index contributed by atoms with van der Waals surface area (Å²) in [6.07, 6.45) is 6.77. The molecule has 0 bridgehead atoms. The standard InChI is InChI=1S/C11H17NS/c1-4-10(5-1)12-8-2-6-11-7-3-9-13-11/h3,7,9-10,12H,1-2,4-6,8H2. The topological polar surface area (TPSA) is 12.0 Å². The molecule has 2 heteroatoms. The number of rotatable bonds is 5. The van der Waals surface area contributed by atoms with Gasteiger partial charge in [0.05, 0.1) is 0 Å². The van der Waals surface area contributed by atoms with Gasteiger partial charge in [-0.3, -0.25) is 0 Å². The third kappa shape index (κ3) is 2.82. The fourth-order valence-electron chi connectivity index (χ4n) is 1.64. The summed E-state index contributed by atoms with van der Waals surface area (Å²) >= 11 is 1.87. The Morgan fingerprint density at radius 3 is 3.00 bits per heavy atom. The smallest absolute Gasteiger partial charge is 0.00670 e. The summed E-state index contributed by atoms with van der Waals surface area (Å²) in [5.41, 5.74) is 0. The maximum Gasteiger partial charge on any atom is 0.00670 e. The first-order valence-electron chi connectivity index (χ1n) is 5.21. The van der Waals surface area contributed by atoms with E-state index < -0.39 is 0 Å². The van der Waals surface area contributed by atoms with Gasteiger partial charge in [-0.25, -0.2) is 0 Å². The van der Waals surface area contributed by atoms with Crippen molar-refractivity contribution < 1.29 is 0 Å². The second-order valence-corrected chi connectivity index (χ2v) is 4.80. The number of thiophene rings is 1. The van der Waals surface area contributed by atoms with Crippen molar-refractivity contribution in [1.29, 1.82) is 0 Å². The van der Waals surface area contributed by atoms with E-state index in [0.29, 0.717) is 0 Å². The van der Waals surface area contributed by atoms with Crippen molar-refractivity contribution in [3.05, 3.63) is 22.4 Å². The maximum atomic E-state index is 3.59. The Morgan fingerprint density at radius 2 is 2.38 bits per heavy atom. The SMILES string of the molecule is c1csc(CCCNC2CCC2)c1. The van der Waals surface area contributed by atoms with E-state index in [1.54, 1.807) is 0 Å². The van der Waals surface area contributed by atoms with Gasteiger partial charge in [-0.2, -0.15) is 0 Å². The van der Waals surface area contributed by atoms with Crippen molar-refractivity contribution in [3.63, 3.8) is 0 Å². The summed E-state index contributed by atoms with van der Waals surface area (Å²) in [6, 6.07) is 5.22. The van der Waals surface area contributed by atoms with Crippen molar-refractivity contribution in [3.8, 4) is 0 Å². The molecule has 1 N–H and O–H groups in total. The zero-order chi connectivity index (χ0) is 8.93. The van der Waals surface area contributed by atoms with E-state index in [1.807, 2.05) is 11.3 Å². The molecule has 1 aliphatic rings. The van der Waals surface area contributed by atoms with Crippen molar-refractivity contribution in [2.75, 3.05) is 6.54 Å². The minimum atomic E-state index is 0.850. The van der Waals surface area contributed by atoms with E-state index in [1.165, 1.54) is 43.5 Å². The molecule has 0 radical (unpaired) electrons. The van der Waals surface area contributed by atoms with Gasteiger partial charge in [-0.1, -0.05) is 12.5 Å². The molecule has 13 heavy (non-hydrogen) atoms. The first-order chi connectivity index (χ1) is 6.45. The molecule has 2 rings (SSSR count). The summed E-state index contributed by atoms with van der Waals surface area (Å²) in [5.74, 6) is 0. The number of nitrogens with one attached hydrogen (secondary N) is 1. The van der Waals surface area contributed by atoms with Crippen LogP contribution < -0.4 is 5.32 Å². The predicted octanol–water partition coefficient (Wildman–Crippen LogP) is 2.82. The van der Waals surface area contributed by atoms with Crippen LogP contribution >= 0.6 is 11.3 Å². The van der Waals surface area contributed by atoms with Gasteiger partial charge in [0.2, 0.25) is 0 Å². The highest BCUT2D eigenvalue weighted by Gasteiger charge is 2.15. The van der Waals surface area contributed by atoms with E-state index in [2.05, 4.69) is 22.8 Å². The quantitative estimate of drug-likeness (QED) is 0.712. The van der Waals surface area contributed by atoms with Gasteiger partial charge in [-0.05, 0) is 43.7 Å². The summed E-state index contributed by atoms with van der Waals surface area (Å²) in [5, 5.41) is 5.75. The van der Waals surface area contributed by atoms with E-state index in [4.69, 9.17) is 0 Å². The van der Waals surface area contributed by atoms with Gasteiger partial charge in [0.1, 0.15) is 0 Å². The largest absolute Gasteiger partial charge is 0.314 e. The molecule has 1 aromatic rings. The van der Waals surface area contributed by atoms with Gasteiger partial charge >= 0.3 is 0 Å². The van der Waals surface area contributed by atoms with Crippen LogP contribution in [0, 0.1) is 0 Å². The summed E-state index contributed by atoms with van der Waals surface area (Å²) < 4.78 is 0. The van der Waals surface area contributed by atoms with Crippen molar-refractivity contribution in [2.45, 2.75) is 38.1 Å². The van der Waals surface area contributed by atoms with Crippen LogP contribution in [0.3, 0.4) is 0 Å². The van der Waals surface area contributed by atoms with Gasteiger partial charge in [0.25, 0.3) is 0 Å². The average Bonchev–Trinajstić information content (AvgIpc) is 2.53. The fraction of sp³-hybridized carbons (Fsp3) is 0.636. The number of hydrogen-bond acceptors (Lipinski definition) is 2. The lowest BCUT2D eigenvalue weighted by Gasteiger charge is -2.26. The molecule has 0 aromatic carbocycles. The van der Waals surface area contributed by atoms with E-state index in [9.17, 15) is 0 Å². The lowest BCUT2D eigenvalue weighted by molar-refractivity contribution is 0.339. The molecule has 1 heterocycles. The molecule has 1 nitrogen and oxygen atoms in total. The zero-order valence-electron chi connectivity index (χ0n) is 7.96. The van der Waals surface area contributed by atoms with Gasteiger partial charge < -0.3 is 5.32 Å². The summed E-state index contributed by atoms with van der Waals surface area (Å²) in [7, 11) is 0. The third-order valence-electron chi connectivity index (χ3n) is 2.72. The van der Waals surface area contributed by atoms with Gasteiger partial charge in [-0.15, -0.1) is 11.3 Å². The second kappa shape index (κ2) is 4.77. The van der Waals surface area contributed by atoms with Crippen LogP contribution in [0.15, 0.2) is 17.5 Å². The van der Waals surface area contributed by atoms with Crippen LogP contribution in [-0.2, 0) is 6.42 Å². The Hall–Kier alpha value is -0.340. The zero-order valence-corrected chi connectivity index (χ0v) is 8.78. The van der Waals surface area contributed by atoms with Crippen LogP contribution in [0.5, 0.6) is 0 Å². The lowest BCUT2D eigenvalue weighted by atomic mass is 9.93. The summed E-state index contributed by atoms with van der Waals surface area (Å²) in [6.45, 7) is 1.20. The Bertz CT molecular complexity index is 226. The van der Waals surface area contributed by atoms with Crippen LogP contribution in [0.2, 0.25) is 0 Å². The van der Waals surface area contributed by atoms with Crippen LogP contribution in [0.25, 0.3) is 0 Å². The molecule has 1 saturated carbocycles. The normalized spacial score (nSPS) is 17.2. The van der Waals surface area contributed by atoms with Crippen molar-refractivity contribution >= 4 is 11.3 Å². The van der Waals surface area contributed by atoms with Crippen LogP contribution in [-0.4, -0.2) is 12.6 Å². The Morgan fingerprint density at radius 1 is 1.46 bits per heavy atom. The average molecular weight is 195 g/mol. The molecule has 0 spiro atoms. The fourth-order valence-corrected chi connectivity index (χ4v) is 2.39. The Kier molecular flexibility index (Phi) is 3.39. The van der Waals surface area contributed by atoms with Crippen LogP contribution in [0.4, 0.5) is 0 Å². The molecule has 1 aliphatic carbocycles. The van der Waals surface area contributed by atoms with E-state index in [0.717, 1.165) is 6.04 Å². The molecule has 0 unspecified atom stereocenters. The van der Waals surface area contributed by atoms with Gasteiger partial charge in [0, 0.05) is 10.9 Å². The molecule has 72 valence electrons. The Balaban J connectivity index is 1.53. The highest BCUT2D eigenvalue weighted by Crippen LogP contribution is 2.18. The predicted molar refractivity (Wildman–Crippen MR) is 58.3 cm³/mol. The first kappa shape index (κ1) is 9.22. The molecule has 1 aromatic heterocycles. The van der Waals surface area contributed by atoms with E-state index in [-0.39, 0.29) is 0 Å². The number of hydrogen-bond donors (Lipinski definition) is 1.